The van der Waals surface area contributed by atoms with Crippen molar-refractivity contribution in [1.82, 2.24) is 65.3 Å². The molecule has 62 heavy (non-hydrogen) atoms. The number of hydrogen-bond acceptors (Lipinski definition) is 10. The van der Waals surface area contributed by atoms with Crippen LogP contribution in [0.25, 0.3) is 101 Å². The molecule has 0 atom stereocenters. The van der Waals surface area contributed by atoms with Crippen LogP contribution in [0, 0.1) is 12.8 Å². The lowest BCUT2D eigenvalue weighted by atomic mass is 10.0. The van der Waals surface area contributed by atoms with E-state index in [4.69, 9.17) is 19.9 Å². The molecular formula is C48H41N13O. The standard InChI is InChI=1S/C24H18N6.C22H17N7O.C2H6/c1-14-11-16(13-25-12-14)18-9-10-20-22(26-18)23(30-29-20)24-27-19-8-4-7-17(21(19)28-24)15-5-2-3-6-15;30-11-14(12-4-5-12)13-2-1-3-16-19(13)27-22(26-16)21-20-17(28-29-21)7-6-15(25-20)18-10-23-8-9-24-18;1-2/h2,4-13H,3H2,1H3,(H,27,28)(H,29,30);1-3,6-12,30H,4-5H2,(H,26,27)(H,28,29);1-2H3/b;14-11+;. The van der Waals surface area contributed by atoms with Gasteiger partial charge in [0.15, 0.2) is 23.0 Å². The van der Waals surface area contributed by atoms with Crippen LogP contribution < -0.4 is 0 Å². The van der Waals surface area contributed by atoms with Gasteiger partial charge in [0.1, 0.15) is 16.7 Å². The highest BCUT2D eigenvalue weighted by atomic mass is 16.2. The van der Waals surface area contributed by atoms with Crippen molar-refractivity contribution in [2.45, 2.75) is 40.0 Å². The highest BCUT2D eigenvalue weighted by Crippen LogP contribution is 2.43. The largest absolute Gasteiger partial charge is 0.515 e. The number of nitrogens with one attached hydrogen (secondary N) is 4. The molecule has 2 aromatic carbocycles. The summed E-state index contributed by atoms with van der Waals surface area (Å²) >= 11 is 0. The topological polar surface area (TPSA) is 199 Å². The zero-order valence-corrected chi connectivity index (χ0v) is 34.2. The zero-order valence-electron chi connectivity index (χ0n) is 34.2. The Morgan fingerprint density at radius 1 is 0.677 bits per heavy atom. The predicted octanol–water partition coefficient (Wildman–Crippen LogP) is 10.5. The van der Waals surface area contributed by atoms with E-state index in [1.165, 1.54) is 11.8 Å². The first-order valence-corrected chi connectivity index (χ1v) is 20.7. The number of aliphatic hydroxyl groups is 1. The molecule has 0 unspecified atom stereocenters. The fraction of sp³-hybridized carbons (Fsp3) is 0.146. The molecule has 0 aliphatic heterocycles. The van der Waals surface area contributed by atoms with E-state index >= 15 is 0 Å². The number of aromatic nitrogens is 13. The maximum absolute atomic E-state index is 9.78. The van der Waals surface area contributed by atoms with Crippen LogP contribution in [0.15, 0.2) is 122 Å². The molecule has 14 nitrogen and oxygen atoms in total. The molecule has 0 saturated heterocycles. The number of imidazole rings is 2. The highest BCUT2D eigenvalue weighted by molar-refractivity contribution is 5.97. The third-order valence-electron chi connectivity index (χ3n) is 10.8. The summed E-state index contributed by atoms with van der Waals surface area (Å²) < 4.78 is 0. The fourth-order valence-electron chi connectivity index (χ4n) is 7.76. The average Bonchev–Trinajstić information content (AvgIpc) is 3.87. The van der Waals surface area contributed by atoms with Crippen LogP contribution in [0.2, 0.25) is 0 Å². The van der Waals surface area contributed by atoms with Crippen LogP contribution in [-0.2, 0) is 0 Å². The number of H-pyrrole nitrogens is 4. The van der Waals surface area contributed by atoms with Gasteiger partial charge in [0.2, 0.25) is 0 Å². The Bertz CT molecular complexity index is 3350. The van der Waals surface area contributed by atoms with Crippen molar-refractivity contribution in [2.75, 3.05) is 0 Å². The molecular weight excluding hydrogens is 775 g/mol. The van der Waals surface area contributed by atoms with E-state index in [-0.39, 0.29) is 0 Å². The lowest BCUT2D eigenvalue weighted by Crippen LogP contribution is -1.90. The summed E-state index contributed by atoms with van der Waals surface area (Å²) in [7, 11) is 0. The minimum absolute atomic E-state index is 0.406. The van der Waals surface area contributed by atoms with Gasteiger partial charge in [-0.2, -0.15) is 10.2 Å². The number of allylic oxidation sites excluding steroid dienone is 5. The first-order valence-electron chi connectivity index (χ1n) is 20.7. The molecule has 0 spiro atoms. The van der Waals surface area contributed by atoms with Crippen LogP contribution in [-0.4, -0.2) is 70.4 Å². The molecule has 0 bridgehead atoms. The Hall–Kier alpha value is -8.13. The number of benzene rings is 2. The van der Waals surface area contributed by atoms with E-state index in [9.17, 15) is 5.11 Å². The molecule has 8 heterocycles. The number of hydrogen-bond donors (Lipinski definition) is 5. The van der Waals surface area contributed by atoms with Crippen molar-refractivity contribution in [3.8, 4) is 45.7 Å². The normalized spacial score (nSPS) is 13.7. The Morgan fingerprint density at radius 2 is 1.37 bits per heavy atom. The fourth-order valence-corrected chi connectivity index (χ4v) is 7.76. The number of aliphatic hydroxyl groups excluding tert-OH is 1. The van der Waals surface area contributed by atoms with Crippen LogP contribution >= 0.6 is 0 Å². The number of aromatic amines is 4. The van der Waals surface area contributed by atoms with E-state index < -0.39 is 0 Å². The second-order valence-corrected chi connectivity index (χ2v) is 14.9. The minimum atomic E-state index is 0.406. The summed E-state index contributed by atoms with van der Waals surface area (Å²) in [6.07, 6.45) is 19.5. The summed E-state index contributed by atoms with van der Waals surface area (Å²) in [5.74, 6) is 1.74. The van der Waals surface area contributed by atoms with Crippen LogP contribution in [0.4, 0.5) is 0 Å². The van der Waals surface area contributed by atoms with E-state index in [2.05, 4.69) is 81.7 Å². The molecule has 8 aromatic heterocycles. The summed E-state index contributed by atoms with van der Waals surface area (Å²) in [6, 6.07) is 22.0. The molecule has 0 amide bonds. The smallest absolute Gasteiger partial charge is 0.161 e. The van der Waals surface area contributed by atoms with E-state index in [0.29, 0.717) is 45.9 Å². The summed E-state index contributed by atoms with van der Waals surface area (Å²) in [5, 5.41) is 24.9. The second-order valence-electron chi connectivity index (χ2n) is 14.9. The molecule has 0 radical (unpaired) electrons. The molecule has 5 N–H and O–H groups in total. The van der Waals surface area contributed by atoms with Crippen LogP contribution in [0.3, 0.4) is 0 Å². The molecule has 1 fully saturated rings. The lowest BCUT2D eigenvalue weighted by molar-refractivity contribution is 0.473. The second kappa shape index (κ2) is 16.1. The minimum Gasteiger partial charge on any atom is -0.515 e. The monoisotopic (exact) mass is 815 g/mol. The van der Waals surface area contributed by atoms with Gasteiger partial charge in [0, 0.05) is 41.5 Å². The molecule has 2 aliphatic carbocycles. The maximum atomic E-state index is 9.78. The van der Waals surface area contributed by atoms with Gasteiger partial charge in [-0.25, -0.2) is 19.9 Å². The van der Waals surface area contributed by atoms with Crippen molar-refractivity contribution >= 4 is 55.3 Å². The number of para-hydroxylation sites is 2. The quantitative estimate of drug-likeness (QED) is 0.0964. The molecule has 1 saturated carbocycles. The van der Waals surface area contributed by atoms with Crippen molar-refractivity contribution in [2.24, 2.45) is 5.92 Å². The van der Waals surface area contributed by atoms with E-state index in [0.717, 1.165) is 91.4 Å². The number of rotatable bonds is 7. The predicted molar refractivity (Wildman–Crippen MR) is 243 cm³/mol. The summed E-state index contributed by atoms with van der Waals surface area (Å²) in [4.78, 5) is 38.9. The Labute approximate surface area is 355 Å². The molecule has 12 rings (SSSR count). The zero-order chi connectivity index (χ0) is 42.2. The Kier molecular flexibility index (Phi) is 9.92. The average molecular weight is 816 g/mol. The van der Waals surface area contributed by atoms with Gasteiger partial charge < -0.3 is 15.1 Å². The SMILES string of the molecule is CC.Cc1cncc(-c2ccc3[nH]nc(-c4nc5c(C6=CCC=C6)cccc5[nH]4)c3n2)c1.O/C=C(/c1cccc2[nH]c(-c3n[nH]c4ccc(-c5cnccn5)nc34)nc12)C1CC1. The third-order valence-corrected chi connectivity index (χ3v) is 10.8. The number of fused-ring (bicyclic) bond motifs is 4. The van der Waals surface area contributed by atoms with Gasteiger partial charge in [0.25, 0.3) is 0 Å². The van der Waals surface area contributed by atoms with Gasteiger partial charge in [-0.3, -0.25) is 25.1 Å². The van der Waals surface area contributed by atoms with Crippen molar-refractivity contribution < 1.29 is 5.11 Å². The number of pyridine rings is 3. The van der Waals surface area contributed by atoms with Crippen molar-refractivity contribution in [3.63, 3.8) is 0 Å². The van der Waals surface area contributed by atoms with Crippen LogP contribution in [0.5, 0.6) is 0 Å². The van der Waals surface area contributed by atoms with Gasteiger partial charge in [0.05, 0.1) is 56.9 Å². The van der Waals surface area contributed by atoms with E-state index in [1.54, 1.807) is 18.6 Å². The molecule has 2 aliphatic rings. The molecule has 10 aromatic rings. The summed E-state index contributed by atoms with van der Waals surface area (Å²) in [6.45, 7) is 6.03. The third kappa shape index (κ3) is 7.06. The van der Waals surface area contributed by atoms with Gasteiger partial charge in [-0.1, -0.05) is 56.3 Å². The number of aryl methyl sites for hydroxylation is 1. The van der Waals surface area contributed by atoms with Gasteiger partial charge in [-0.15, -0.1) is 0 Å². The van der Waals surface area contributed by atoms with Crippen LogP contribution in [0.1, 0.15) is 49.8 Å². The first kappa shape index (κ1) is 38.1. The molecule has 14 heteroatoms. The van der Waals surface area contributed by atoms with Crippen molar-refractivity contribution in [3.05, 3.63) is 139 Å². The van der Waals surface area contributed by atoms with Gasteiger partial charge >= 0.3 is 0 Å². The highest BCUT2D eigenvalue weighted by Gasteiger charge is 2.29. The molecule has 304 valence electrons. The Balaban J connectivity index is 0.000000142. The lowest BCUT2D eigenvalue weighted by Gasteiger charge is -2.04. The van der Waals surface area contributed by atoms with Gasteiger partial charge in [-0.05, 0) is 91.3 Å². The number of nitrogens with zero attached hydrogens (tertiary/aromatic N) is 9. The van der Waals surface area contributed by atoms with Crippen molar-refractivity contribution in [1.29, 1.82) is 0 Å². The maximum Gasteiger partial charge on any atom is 0.161 e. The Morgan fingerprint density at radius 3 is 2.03 bits per heavy atom. The first-order chi connectivity index (χ1) is 30.6. The summed E-state index contributed by atoms with van der Waals surface area (Å²) in [5.41, 5.74) is 16.8. The van der Waals surface area contributed by atoms with E-state index in [1.807, 2.05) is 81.7 Å².